The van der Waals surface area contributed by atoms with Crippen LogP contribution in [0.15, 0.2) is 24.5 Å². The summed E-state index contributed by atoms with van der Waals surface area (Å²) in [6.07, 6.45) is 3.44. The lowest BCUT2D eigenvalue weighted by Crippen LogP contribution is -1.86. The van der Waals surface area contributed by atoms with Crippen LogP contribution in [0.2, 0.25) is 0 Å². The number of H-pyrrole nitrogens is 1. The van der Waals surface area contributed by atoms with Crippen molar-refractivity contribution >= 4 is 21.8 Å². The van der Waals surface area contributed by atoms with Crippen LogP contribution in [-0.2, 0) is 0 Å². The van der Waals surface area contributed by atoms with Gasteiger partial charge in [-0.3, -0.25) is 0 Å². The molecular formula is C8H5N5. The van der Waals surface area contributed by atoms with Crippen molar-refractivity contribution in [3.05, 3.63) is 24.5 Å². The summed E-state index contributed by atoms with van der Waals surface area (Å²) in [5.74, 6) is 0. The minimum Gasteiger partial charge on any atom is -0.197 e. The molecule has 5 nitrogen and oxygen atoms in total. The molecule has 1 N–H and O–H groups in total. The second-order valence-electron chi connectivity index (χ2n) is 2.75. The minimum absolute atomic E-state index is 0.859. The smallest absolute Gasteiger partial charge is 0.105 e. The molecule has 0 aliphatic carbocycles. The Bertz CT molecular complexity index is 571. The highest BCUT2D eigenvalue weighted by atomic mass is 15.3. The van der Waals surface area contributed by atoms with Gasteiger partial charge >= 0.3 is 0 Å². The van der Waals surface area contributed by atoms with Gasteiger partial charge in [0.15, 0.2) is 0 Å². The Morgan fingerprint density at radius 2 is 2.15 bits per heavy atom. The summed E-state index contributed by atoms with van der Waals surface area (Å²) >= 11 is 0. The summed E-state index contributed by atoms with van der Waals surface area (Å²) in [6, 6.07) is 3.84. The number of hydrogen-bond acceptors (Lipinski definition) is 4. The molecular weight excluding hydrogens is 166 g/mol. The quantitative estimate of drug-likeness (QED) is 0.545. The number of nitrogens with one attached hydrogen (secondary N) is 1. The van der Waals surface area contributed by atoms with Crippen molar-refractivity contribution in [2.45, 2.75) is 0 Å². The summed E-state index contributed by atoms with van der Waals surface area (Å²) in [7, 11) is 0. The first-order valence-electron chi connectivity index (χ1n) is 3.85. The molecule has 3 aromatic rings. The molecule has 0 unspecified atom stereocenters. The number of hydrogen-bond donors (Lipinski definition) is 1. The standard InChI is InChI=1S/C8H5N5/c1-2-7-6(4-9-11-7)8-5(1)3-10-13-12-8/h1-4,13H. The molecule has 5 heteroatoms. The van der Waals surface area contributed by atoms with Crippen LogP contribution in [-0.4, -0.2) is 25.6 Å². The van der Waals surface area contributed by atoms with Crippen LogP contribution in [0.1, 0.15) is 0 Å². The van der Waals surface area contributed by atoms with E-state index in [1.54, 1.807) is 12.4 Å². The van der Waals surface area contributed by atoms with Crippen LogP contribution in [0.5, 0.6) is 0 Å². The second-order valence-corrected chi connectivity index (χ2v) is 2.75. The van der Waals surface area contributed by atoms with E-state index in [0.29, 0.717) is 0 Å². The van der Waals surface area contributed by atoms with E-state index in [1.165, 1.54) is 0 Å². The molecule has 2 aromatic heterocycles. The van der Waals surface area contributed by atoms with Crippen LogP contribution in [0.25, 0.3) is 21.8 Å². The van der Waals surface area contributed by atoms with E-state index in [4.69, 9.17) is 0 Å². The topological polar surface area (TPSA) is 67.3 Å². The van der Waals surface area contributed by atoms with Gasteiger partial charge in [-0.15, -0.1) is 0 Å². The van der Waals surface area contributed by atoms with E-state index < -0.39 is 0 Å². The Kier molecular flexibility index (Phi) is 1.11. The summed E-state index contributed by atoms with van der Waals surface area (Å²) in [4.78, 5) is 0. The number of aromatic amines is 1. The lowest BCUT2D eigenvalue weighted by atomic mass is 10.2. The minimum atomic E-state index is 0.859. The van der Waals surface area contributed by atoms with Gasteiger partial charge in [0.2, 0.25) is 0 Å². The first kappa shape index (κ1) is 6.47. The van der Waals surface area contributed by atoms with Crippen molar-refractivity contribution in [1.82, 2.24) is 25.6 Å². The monoisotopic (exact) mass is 171 g/mol. The summed E-state index contributed by atoms with van der Waals surface area (Å²) < 4.78 is 0. The highest BCUT2D eigenvalue weighted by Crippen LogP contribution is 2.19. The Labute approximate surface area is 72.8 Å². The Morgan fingerprint density at radius 3 is 3.15 bits per heavy atom. The zero-order valence-corrected chi connectivity index (χ0v) is 6.60. The fraction of sp³-hybridized carbons (Fsp3) is 0. The van der Waals surface area contributed by atoms with Gasteiger partial charge in [-0.25, -0.2) is 0 Å². The molecule has 0 amide bonds. The molecule has 0 saturated carbocycles. The van der Waals surface area contributed by atoms with Crippen molar-refractivity contribution in [3.63, 3.8) is 0 Å². The van der Waals surface area contributed by atoms with E-state index in [1.807, 2.05) is 12.1 Å². The first-order valence-corrected chi connectivity index (χ1v) is 3.85. The number of fused-ring (bicyclic) bond motifs is 3. The third kappa shape index (κ3) is 0.807. The van der Waals surface area contributed by atoms with Crippen LogP contribution in [0.4, 0.5) is 0 Å². The molecule has 0 atom stereocenters. The SMILES string of the molecule is c1cc2nncc2c2n[nH]ncc12. The molecule has 0 saturated heterocycles. The van der Waals surface area contributed by atoms with Gasteiger partial charge in [0.1, 0.15) is 5.52 Å². The Morgan fingerprint density at radius 1 is 1.15 bits per heavy atom. The predicted molar refractivity (Wildman–Crippen MR) is 47.0 cm³/mol. The van der Waals surface area contributed by atoms with E-state index >= 15 is 0 Å². The van der Waals surface area contributed by atoms with Gasteiger partial charge < -0.3 is 0 Å². The van der Waals surface area contributed by atoms with Gasteiger partial charge in [0, 0.05) is 5.39 Å². The fourth-order valence-electron chi connectivity index (χ4n) is 1.38. The van der Waals surface area contributed by atoms with E-state index in [9.17, 15) is 0 Å². The molecule has 3 rings (SSSR count). The highest BCUT2D eigenvalue weighted by molar-refractivity contribution is 6.02. The maximum absolute atomic E-state index is 4.07. The molecule has 0 aliphatic heterocycles. The van der Waals surface area contributed by atoms with Crippen molar-refractivity contribution in [2.75, 3.05) is 0 Å². The Balaban J connectivity index is 2.65. The number of benzene rings is 1. The lowest BCUT2D eigenvalue weighted by Gasteiger charge is -1.94. The average molecular weight is 171 g/mol. The third-order valence-corrected chi connectivity index (χ3v) is 2.00. The molecule has 0 spiro atoms. The van der Waals surface area contributed by atoms with Gasteiger partial charge in [0.05, 0.1) is 23.3 Å². The molecule has 62 valence electrons. The Hall–Kier alpha value is -2.04. The normalized spacial score (nSPS) is 11.1. The number of rotatable bonds is 0. The second kappa shape index (κ2) is 2.22. The van der Waals surface area contributed by atoms with Crippen molar-refractivity contribution < 1.29 is 0 Å². The maximum Gasteiger partial charge on any atom is 0.105 e. The summed E-state index contributed by atoms with van der Waals surface area (Å²) in [5, 5.41) is 20.2. The van der Waals surface area contributed by atoms with Crippen molar-refractivity contribution in [3.8, 4) is 0 Å². The van der Waals surface area contributed by atoms with Gasteiger partial charge in [-0.2, -0.15) is 25.6 Å². The molecule has 13 heavy (non-hydrogen) atoms. The highest BCUT2D eigenvalue weighted by Gasteiger charge is 2.03. The fourth-order valence-corrected chi connectivity index (χ4v) is 1.38. The van der Waals surface area contributed by atoms with Gasteiger partial charge in [-0.05, 0) is 12.1 Å². The number of nitrogens with zero attached hydrogens (tertiary/aromatic N) is 4. The van der Waals surface area contributed by atoms with Crippen molar-refractivity contribution in [2.24, 2.45) is 0 Å². The average Bonchev–Trinajstić information content (AvgIpc) is 2.65. The zero-order valence-electron chi connectivity index (χ0n) is 6.60. The largest absolute Gasteiger partial charge is 0.197 e. The zero-order chi connectivity index (χ0) is 8.67. The maximum atomic E-state index is 4.07. The summed E-state index contributed by atoms with van der Waals surface area (Å²) in [6.45, 7) is 0. The third-order valence-electron chi connectivity index (χ3n) is 2.00. The van der Waals surface area contributed by atoms with Gasteiger partial charge in [0.25, 0.3) is 0 Å². The van der Waals surface area contributed by atoms with E-state index in [-0.39, 0.29) is 0 Å². The first-order chi connectivity index (χ1) is 6.45. The number of aromatic nitrogens is 5. The lowest BCUT2D eigenvalue weighted by molar-refractivity contribution is 0.897. The molecule has 0 bridgehead atoms. The van der Waals surface area contributed by atoms with Crippen molar-refractivity contribution in [1.29, 1.82) is 0 Å². The van der Waals surface area contributed by atoms with Crippen LogP contribution < -0.4 is 0 Å². The van der Waals surface area contributed by atoms with Crippen LogP contribution >= 0.6 is 0 Å². The summed E-state index contributed by atoms with van der Waals surface area (Å²) in [5.41, 5.74) is 1.72. The molecule has 0 radical (unpaired) electrons. The molecule has 1 aromatic carbocycles. The molecule has 2 heterocycles. The van der Waals surface area contributed by atoms with Gasteiger partial charge in [-0.1, -0.05) is 0 Å². The van der Waals surface area contributed by atoms with Crippen LogP contribution in [0, 0.1) is 0 Å². The van der Waals surface area contributed by atoms with E-state index in [2.05, 4.69) is 25.6 Å². The molecule has 0 aliphatic rings. The predicted octanol–water partition coefficient (Wildman–Crippen LogP) is 0.901. The molecule has 0 fully saturated rings. The van der Waals surface area contributed by atoms with Crippen LogP contribution in [0.3, 0.4) is 0 Å². The van der Waals surface area contributed by atoms with E-state index in [0.717, 1.165) is 21.8 Å².